The molecule has 13 heavy (non-hydrogen) atoms. The predicted molar refractivity (Wildman–Crippen MR) is 42.6 cm³/mol. The second-order valence-electron chi connectivity index (χ2n) is 2.15. The van der Waals surface area contributed by atoms with Crippen molar-refractivity contribution in [3.63, 3.8) is 0 Å². The number of hydrogen-bond acceptors (Lipinski definition) is 5. The first-order chi connectivity index (χ1) is 6.16. The lowest BCUT2D eigenvalue weighted by atomic mass is 10.3. The van der Waals surface area contributed by atoms with Crippen molar-refractivity contribution < 1.29 is 19.5 Å². The number of nitrogens with zero attached hydrogens (tertiary/aromatic N) is 1. The predicted octanol–water partition coefficient (Wildman–Crippen LogP) is 0.331. The average molecular weight is 192 g/mol. The Labute approximate surface area is 75.1 Å². The van der Waals surface area contributed by atoms with Gasteiger partial charge in [0.15, 0.2) is 0 Å². The number of hydrogen-bond donors (Lipinski definition) is 1. The van der Waals surface area contributed by atoms with Gasteiger partial charge in [-0.3, -0.25) is 0 Å². The Bertz CT molecular complexity index is 172. The minimum absolute atomic E-state index is 0.0318. The van der Waals surface area contributed by atoms with Gasteiger partial charge in [0.05, 0.1) is 13.2 Å². The summed E-state index contributed by atoms with van der Waals surface area (Å²) in [5.74, 6) is 0. The third-order valence-electron chi connectivity index (χ3n) is 1.17. The molecular formula is C6H12N2O5. The smallest absolute Gasteiger partial charge is 0.406 e. The van der Waals surface area contributed by atoms with E-state index >= 15 is 0 Å². The summed E-state index contributed by atoms with van der Waals surface area (Å²) in [6.45, 7) is 0.269. The molecule has 0 aromatic rings. The van der Waals surface area contributed by atoms with Crippen LogP contribution in [0.25, 0.3) is 0 Å². The molecule has 7 nitrogen and oxygen atoms in total. The summed E-state index contributed by atoms with van der Waals surface area (Å²) in [6, 6.07) is 0. The number of carbonyl (C=O) groups is 1. The van der Waals surface area contributed by atoms with E-state index < -0.39 is 11.2 Å². The van der Waals surface area contributed by atoms with Gasteiger partial charge in [0.2, 0.25) is 0 Å². The molecule has 0 rings (SSSR count). The molecule has 1 amide bonds. The van der Waals surface area contributed by atoms with Crippen LogP contribution in [-0.2, 0) is 9.57 Å². The molecule has 0 radical (unpaired) electrons. The Kier molecular flexibility index (Phi) is 6.30. The van der Waals surface area contributed by atoms with Crippen LogP contribution in [0, 0.1) is 10.1 Å². The first-order valence-electron chi connectivity index (χ1n) is 3.78. The molecule has 0 saturated carbocycles. The van der Waals surface area contributed by atoms with Gasteiger partial charge in [-0.1, -0.05) is 0 Å². The standard InChI is InChI=1S/C6H12N2O5/c1-7-6(9)12-4-2-3-5-13-8(10)11/h2-5H2,1H3,(H,7,9). The van der Waals surface area contributed by atoms with E-state index in [0.717, 1.165) is 0 Å². The third-order valence-corrected chi connectivity index (χ3v) is 1.17. The van der Waals surface area contributed by atoms with Gasteiger partial charge in [-0.05, 0) is 12.8 Å². The van der Waals surface area contributed by atoms with Crippen LogP contribution in [0.15, 0.2) is 0 Å². The largest absolute Gasteiger partial charge is 0.450 e. The molecule has 0 aromatic heterocycles. The molecule has 0 aromatic carbocycles. The highest BCUT2D eigenvalue weighted by Crippen LogP contribution is 1.91. The molecule has 0 unspecified atom stereocenters. The van der Waals surface area contributed by atoms with Crippen molar-refractivity contribution in [2.75, 3.05) is 20.3 Å². The fraction of sp³-hybridized carbons (Fsp3) is 0.833. The number of nitrogens with one attached hydrogen (secondary N) is 1. The highest BCUT2D eigenvalue weighted by atomic mass is 16.9. The van der Waals surface area contributed by atoms with E-state index in [-0.39, 0.29) is 13.2 Å². The summed E-state index contributed by atoms with van der Waals surface area (Å²) in [7, 11) is 1.46. The molecule has 0 fully saturated rings. The maximum Gasteiger partial charge on any atom is 0.406 e. The van der Waals surface area contributed by atoms with E-state index in [1.165, 1.54) is 7.05 Å². The molecule has 0 spiro atoms. The first-order valence-corrected chi connectivity index (χ1v) is 3.78. The van der Waals surface area contributed by atoms with E-state index in [1.807, 2.05) is 0 Å². The van der Waals surface area contributed by atoms with Crippen molar-refractivity contribution in [2.24, 2.45) is 0 Å². The highest BCUT2D eigenvalue weighted by Gasteiger charge is 1.97. The van der Waals surface area contributed by atoms with Crippen molar-refractivity contribution in [3.05, 3.63) is 10.1 Å². The van der Waals surface area contributed by atoms with Gasteiger partial charge in [-0.25, -0.2) is 4.79 Å². The molecule has 0 atom stereocenters. The van der Waals surface area contributed by atoms with Crippen LogP contribution in [0.4, 0.5) is 4.79 Å². The Morgan fingerprint density at radius 1 is 1.46 bits per heavy atom. The summed E-state index contributed by atoms with van der Waals surface area (Å²) in [4.78, 5) is 24.2. The number of carbonyl (C=O) groups excluding carboxylic acids is 1. The summed E-state index contributed by atoms with van der Waals surface area (Å²) in [5.41, 5.74) is 0. The maximum absolute atomic E-state index is 10.5. The Hall–Kier alpha value is -1.53. The van der Waals surface area contributed by atoms with Gasteiger partial charge < -0.3 is 14.9 Å². The van der Waals surface area contributed by atoms with Crippen LogP contribution in [0.2, 0.25) is 0 Å². The lowest BCUT2D eigenvalue weighted by Gasteiger charge is -2.02. The van der Waals surface area contributed by atoms with Crippen LogP contribution >= 0.6 is 0 Å². The van der Waals surface area contributed by atoms with Crippen molar-refractivity contribution in [3.8, 4) is 0 Å². The first kappa shape index (κ1) is 11.5. The van der Waals surface area contributed by atoms with Crippen LogP contribution < -0.4 is 5.32 Å². The van der Waals surface area contributed by atoms with E-state index in [0.29, 0.717) is 12.8 Å². The Balaban J connectivity index is 3.08. The number of alkyl carbamates (subject to hydrolysis) is 1. The molecule has 0 saturated heterocycles. The minimum atomic E-state index is -0.848. The van der Waals surface area contributed by atoms with E-state index in [9.17, 15) is 14.9 Å². The van der Waals surface area contributed by atoms with Crippen molar-refractivity contribution >= 4 is 6.09 Å². The normalized spacial score (nSPS) is 9.00. The molecule has 0 heterocycles. The molecule has 0 aliphatic rings. The zero-order valence-corrected chi connectivity index (χ0v) is 7.32. The van der Waals surface area contributed by atoms with Gasteiger partial charge in [0.1, 0.15) is 0 Å². The molecule has 0 bridgehead atoms. The highest BCUT2D eigenvalue weighted by molar-refractivity contribution is 5.66. The topological polar surface area (TPSA) is 90.7 Å². The second-order valence-corrected chi connectivity index (χ2v) is 2.15. The number of unbranched alkanes of at least 4 members (excludes halogenated alkanes) is 1. The van der Waals surface area contributed by atoms with E-state index in [4.69, 9.17) is 0 Å². The summed E-state index contributed by atoms with van der Waals surface area (Å²) in [5, 5.41) is 11.1. The van der Waals surface area contributed by atoms with Crippen LogP contribution in [-0.4, -0.2) is 31.4 Å². The van der Waals surface area contributed by atoms with Crippen molar-refractivity contribution in [2.45, 2.75) is 12.8 Å². The maximum atomic E-state index is 10.5. The quantitative estimate of drug-likeness (QED) is 0.372. The molecule has 1 N–H and O–H groups in total. The zero-order chi connectivity index (χ0) is 10.1. The lowest BCUT2D eigenvalue weighted by Crippen LogP contribution is -2.19. The minimum Gasteiger partial charge on any atom is -0.450 e. The zero-order valence-electron chi connectivity index (χ0n) is 7.32. The van der Waals surface area contributed by atoms with Gasteiger partial charge in [0, 0.05) is 7.05 Å². The fourth-order valence-electron chi connectivity index (χ4n) is 0.580. The molecule has 0 aliphatic heterocycles. The number of rotatable bonds is 6. The molecular weight excluding hydrogens is 180 g/mol. The second kappa shape index (κ2) is 7.14. The summed E-state index contributed by atoms with van der Waals surface area (Å²) in [6.07, 6.45) is 0.523. The number of ether oxygens (including phenoxy) is 1. The fourth-order valence-corrected chi connectivity index (χ4v) is 0.580. The summed E-state index contributed by atoms with van der Waals surface area (Å²) >= 11 is 0. The van der Waals surface area contributed by atoms with Crippen molar-refractivity contribution in [1.82, 2.24) is 5.32 Å². The van der Waals surface area contributed by atoms with Gasteiger partial charge in [0.25, 0.3) is 5.09 Å². The average Bonchev–Trinajstić information content (AvgIpc) is 2.10. The van der Waals surface area contributed by atoms with Gasteiger partial charge in [-0.2, -0.15) is 0 Å². The van der Waals surface area contributed by atoms with Crippen molar-refractivity contribution in [1.29, 1.82) is 0 Å². The Morgan fingerprint density at radius 3 is 2.62 bits per heavy atom. The SMILES string of the molecule is CNC(=O)OCCCCO[N+](=O)[O-]. The van der Waals surface area contributed by atoms with Crippen LogP contribution in [0.1, 0.15) is 12.8 Å². The van der Waals surface area contributed by atoms with Crippen LogP contribution in [0.3, 0.4) is 0 Å². The molecule has 76 valence electrons. The number of amides is 1. The third kappa shape index (κ3) is 8.38. The summed E-state index contributed by atoms with van der Waals surface area (Å²) < 4.78 is 4.62. The Morgan fingerprint density at radius 2 is 2.08 bits per heavy atom. The van der Waals surface area contributed by atoms with Gasteiger partial charge in [-0.15, -0.1) is 10.1 Å². The molecule has 0 aliphatic carbocycles. The van der Waals surface area contributed by atoms with E-state index in [2.05, 4.69) is 14.9 Å². The van der Waals surface area contributed by atoms with Crippen LogP contribution in [0.5, 0.6) is 0 Å². The molecule has 7 heteroatoms. The van der Waals surface area contributed by atoms with E-state index in [1.54, 1.807) is 0 Å². The monoisotopic (exact) mass is 192 g/mol. The lowest BCUT2D eigenvalue weighted by molar-refractivity contribution is -0.757. The van der Waals surface area contributed by atoms with Gasteiger partial charge >= 0.3 is 6.09 Å².